The number of hydrogen-bond donors (Lipinski definition) is 0. The Morgan fingerprint density at radius 3 is 2.55 bits per heavy atom. The van der Waals surface area contributed by atoms with Gasteiger partial charge >= 0.3 is 11.9 Å². The summed E-state index contributed by atoms with van der Waals surface area (Å²) in [6.07, 6.45) is 1.55. The molecule has 0 saturated carbocycles. The molecule has 0 spiro atoms. The molecule has 0 radical (unpaired) electrons. The number of nitriles is 1. The van der Waals surface area contributed by atoms with Crippen LogP contribution in [-0.4, -0.2) is 54.4 Å². The van der Waals surface area contributed by atoms with Crippen molar-refractivity contribution in [1.29, 1.82) is 5.26 Å². The van der Waals surface area contributed by atoms with E-state index in [0.29, 0.717) is 47.4 Å². The van der Waals surface area contributed by atoms with Crippen molar-refractivity contribution in [2.75, 3.05) is 26.4 Å². The molecule has 0 N–H and O–H groups in total. The van der Waals surface area contributed by atoms with E-state index < -0.39 is 5.97 Å². The van der Waals surface area contributed by atoms with Crippen LogP contribution in [0.3, 0.4) is 0 Å². The van der Waals surface area contributed by atoms with Gasteiger partial charge in [0.25, 0.3) is 6.47 Å². The standard InChI is InChI=1S/C18H21N3O3.C5H8O4/c1-5-23-18(22)17-13(4)20-11-21(17)15-6-7-16(14(8-15)9-19)24-10-12(2)3;1-5(7)9-3-2-8-4-6/h6-8,11-12H,5,10H2,1-4H3;4H,2-3H2,1H3. The highest BCUT2D eigenvalue weighted by Crippen LogP contribution is 2.24. The van der Waals surface area contributed by atoms with Gasteiger partial charge < -0.3 is 18.9 Å². The number of carbonyl (C=O) groups is 3. The van der Waals surface area contributed by atoms with E-state index in [0.717, 1.165) is 0 Å². The molecule has 0 atom stereocenters. The number of carbonyl (C=O) groups excluding carboxylic acids is 3. The van der Waals surface area contributed by atoms with Crippen LogP contribution in [0.5, 0.6) is 5.75 Å². The van der Waals surface area contributed by atoms with E-state index in [1.807, 2.05) is 13.8 Å². The van der Waals surface area contributed by atoms with E-state index in [-0.39, 0.29) is 25.8 Å². The van der Waals surface area contributed by atoms with Crippen molar-refractivity contribution in [1.82, 2.24) is 9.55 Å². The number of rotatable bonds is 10. The number of esters is 2. The molecular formula is C23H29N3O7. The van der Waals surface area contributed by atoms with Gasteiger partial charge in [-0.3, -0.25) is 14.2 Å². The smallest absolute Gasteiger partial charge is 0.357 e. The molecule has 10 nitrogen and oxygen atoms in total. The maximum Gasteiger partial charge on any atom is 0.357 e. The zero-order chi connectivity index (χ0) is 24.8. The first-order chi connectivity index (χ1) is 15.7. The molecule has 1 heterocycles. The highest BCUT2D eigenvalue weighted by Gasteiger charge is 2.19. The average molecular weight is 459 g/mol. The summed E-state index contributed by atoms with van der Waals surface area (Å²) >= 11 is 0. The van der Waals surface area contributed by atoms with Crippen LogP contribution in [0.4, 0.5) is 0 Å². The number of benzene rings is 1. The van der Waals surface area contributed by atoms with Gasteiger partial charge in [-0.2, -0.15) is 5.26 Å². The number of nitrogens with zero attached hydrogens (tertiary/aromatic N) is 3. The minimum Gasteiger partial charge on any atom is -0.492 e. The monoisotopic (exact) mass is 459 g/mol. The molecule has 0 aliphatic rings. The fourth-order valence-corrected chi connectivity index (χ4v) is 2.50. The van der Waals surface area contributed by atoms with Crippen LogP contribution < -0.4 is 4.74 Å². The van der Waals surface area contributed by atoms with E-state index in [1.54, 1.807) is 42.9 Å². The summed E-state index contributed by atoms with van der Waals surface area (Å²) in [5, 5.41) is 9.38. The van der Waals surface area contributed by atoms with E-state index >= 15 is 0 Å². The minimum atomic E-state index is -0.439. The molecule has 0 aliphatic heterocycles. The van der Waals surface area contributed by atoms with Gasteiger partial charge in [0.1, 0.15) is 31.4 Å². The molecule has 1 aromatic heterocycles. The first-order valence-electron chi connectivity index (χ1n) is 10.3. The third kappa shape index (κ3) is 9.03. The van der Waals surface area contributed by atoms with Gasteiger partial charge in [0.05, 0.1) is 24.5 Å². The van der Waals surface area contributed by atoms with Gasteiger partial charge in [-0.25, -0.2) is 9.78 Å². The number of aryl methyl sites for hydroxylation is 1. The van der Waals surface area contributed by atoms with Crippen LogP contribution in [-0.2, 0) is 23.8 Å². The van der Waals surface area contributed by atoms with E-state index in [2.05, 4.69) is 20.5 Å². The number of hydrogen-bond acceptors (Lipinski definition) is 9. The summed E-state index contributed by atoms with van der Waals surface area (Å²) < 4.78 is 21.0. The predicted molar refractivity (Wildman–Crippen MR) is 118 cm³/mol. The van der Waals surface area contributed by atoms with Crippen molar-refractivity contribution < 1.29 is 33.3 Å². The van der Waals surface area contributed by atoms with Crippen molar-refractivity contribution in [2.24, 2.45) is 5.92 Å². The Bertz CT molecular complexity index is 977. The maximum absolute atomic E-state index is 12.1. The van der Waals surface area contributed by atoms with Crippen LogP contribution in [0.25, 0.3) is 5.69 Å². The summed E-state index contributed by atoms with van der Waals surface area (Å²) in [6, 6.07) is 7.34. The van der Waals surface area contributed by atoms with Crippen molar-refractivity contribution in [3.8, 4) is 17.5 Å². The van der Waals surface area contributed by atoms with Crippen molar-refractivity contribution in [3.63, 3.8) is 0 Å². The second-order valence-corrected chi connectivity index (χ2v) is 7.07. The fourth-order valence-electron chi connectivity index (χ4n) is 2.50. The summed E-state index contributed by atoms with van der Waals surface area (Å²) in [5.41, 5.74) is 2.00. The summed E-state index contributed by atoms with van der Waals surface area (Å²) in [5.74, 6) is 0.0862. The van der Waals surface area contributed by atoms with E-state index in [9.17, 15) is 19.6 Å². The molecule has 2 aromatic rings. The number of ether oxygens (including phenoxy) is 4. The Hall–Kier alpha value is -3.87. The first kappa shape index (κ1) is 27.2. The van der Waals surface area contributed by atoms with Crippen LogP contribution in [0, 0.1) is 24.2 Å². The van der Waals surface area contributed by atoms with Crippen LogP contribution >= 0.6 is 0 Å². The molecule has 0 fully saturated rings. The Labute approximate surface area is 193 Å². The van der Waals surface area contributed by atoms with Gasteiger partial charge in [-0.05, 0) is 38.0 Å². The van der Waals surface area contributed by atoms with Crippen molar-refractivity contribution in [2.45, 2.75) is 34.6 Å². The normalized spacial score (nSPS) is 9.85. The second-order valence-electron chi connectivity index (χ2n) is 7.07. The molecule has 33 heavy (non-hydrogen) atoms. The molecular weight excluding hydrogens is 430 g/mol. The Morgan fingerprint density at radius 1 is 1.24 bits per heavy atom. The topological polar surface area (TPSA) is 130 Å². The lowest BCUT2D eigenvalue weighted by Crippen LogP contribution is -2.12. The molecule has 0 amide bonds. The average Bonchev–Trinajstić information content (AvgIpc) is 3.17. The first-order valence-corrected chi connectivity index (χ1v) is 10.3. The van der Waals surface area contributed by atoms with Gasteiger partial charge in [0.15, 0.2) is 5.69 Å². The quantitative estimate of drug-likeness (QED) is 0.228. The Balaban J connectivity index is 0.000000513. The van der Waals surface area contributed by atoms with Gasteiger partial charge in [-0.15, -0.1) is 0 Å². The highest BCUT2D eigenvalue weighted by atomic mass is 16.6. The molecule has 0 aliphatic carbocycles. The predicted octanol–water partition coefficient (Wildman–Crippen LogP) is 2.99. The molecule has 10 heteroatoms. The van der Waals surface area contributed by atoms with Crippen molar-refractivity contribution >= 4 is 18.4 Å². The lowest BCUT2D eigenvalue weighted by molar-refractivity contribution is -0.145. The second kappa shape index (κ2) is 14.2. The summed E-state index contributed by atoms with van der Waals surface area (Å²) in [4.78, 5) is 35.9. The molecule has 178 valence electrons. The summed E-state index contributed by atoms with van der Waals surface area (Å²) in [7, 11) is 0. The molecule has 2 rings (SSSR count). The SMILES string of the molecule is CC(=O)OCCOC=O.CCOC(=O)c1c(C)ncn1-c1ccc(OCC(C)C)c(C#N)c1. The zero-order valence-electron chi connectivity index (χ0n) is 19.5. The van der Waals surface area contributed by atoms with Crippen molar-refractivity contribution in [3.05, 3.63) is 41.5 Å². The van der Waals surface area contributed by atoms with E-state index in [1.165, 1.54) is 6.92 Å². The number of imidazole rings is 1. The van der Waals surface area contributed by atoms with Gasteiger partial charge in [0.2, 0.25) is 0 Å². The lowest BCUT2D eigenvalue weighted by Gasteiger charge is -2.13. The maximum atomic E-state index is 12.1. The molecule has 0 saturated heterocycles. The van der Waals surface area contributed by atoms with Gasteiger partial charge in [0, 0.05) is 12.6 Å². The fraction of sp³-hybridized carbons (Fsp3) is 0.435. The number of aromatic nitrogens is 2. The molecule has 1 aromatic carbocycles. The molecule has 0 unspecified atom stereocenters. The summed E-state index contributed by atoms with van der Waals surface area (Å²) in [6.45, 7) is 10.3. The zero-order valence-corrected chi connectivity index (χ0v) is 19.5. The van der Waals surface area contributed by atoms with Gasteiger partial charge in [-0.1, -0.05) is 13.8 Å². The third-order valence-corrected chi connectivity index (χ3v) is 3.93. The van der Waals surface area contributed by atoms with Crippen LogP contribution in [0.1, 0.15) is 49.4 Å². The van der Waals surface area contributed by atoms with Crippen LogP contribution in [0.2, 0.25) is 0 Å². The lowest BCUT2D eigenvalue weighted by atomic mass is 10.1. The Kier molecular flexibility index (Phi) is 11.7. The molecule has 0 bridgehead atoms. The van der Waals surface area contributed by atoms with E-state index in [4.69, 9.17) is 9.47 Å². The minimum absolute atomic E-state index is 0.128. The third-order valence-electron chi connectivity index (χ3n) is 3.93. The largest absolute Gasteiger partial charge is 0.492 e. The highest BCUT2D eigenvalue weighted by molar-refractivity contribution is 5.89. The van der Waals surface area contributed by atoms with Crippen LogP contribution in [0.15, 0.2) is 24.5 Å². The Morgan fingerprint density at radius 2 is 1.97 bits per heavy atom.